The van der Waals surface area contributed by atoms with Crippen LogP contribution in [0.1, 0.15) is 64.2 Å². The van der Waals surface area contributed by atoms with Crippen LogP contribution in [0.5, 0.6) is 0 Å². The first-order chi connectivity index (χ1) is 13.9. The first-order valence-electron chi connectivity index (χ1n) is 10.4. The molecule has 3 aliphatic rings. The number of amides is 6. The van der Waals surface area contributed by atoms with E-state index in [1.54, 1.807) is 0 Å². The molecule has 29 heavy (non-hydrogen) atoms. The summed E-state index contributed by atoms with van der Waals surface area (Å²) in [6, 6.07) is -0.396. The molecular weight excluding hydrogens is 378 g/mol. The molecule has 2 aliphatic heterocycles. The molecule has 0 atom stereocenters. The van der Waals surface area contributed by atoms with Crippen molar-refractivity contribution in [1.82, 2.24) is 26.0 Å². The third kappa shape index (κ3) is 5.04. The predicted molar refractivity (Wildman–Crippen MR) is 102 cm³/mol. The van der Waals surface area contributed by atoms with Crippen LogP contribution in [-0.2, 0) is 19.2 Å². The number of nitrogens with zero attached hydrogens (tertiary/aromatic N) is 2. The van der Waals surface area contributed by atoms with E-state index in [0.717, 1.165) is 32.1 Å². The normalized spacial score (nSPS) is 21.3. The largest absolute Gasteiger partial charge is 0.333 e. The summed E-state index contributed by atoms with van der Waals surface area (Å²) in [5.41, 5.74) is 3.89. The number of carbonyl (C=O) groups excluding carboxylic acids is 5. The maximum atomic E-state index is 12.5. The zero-order valence-corrected chi connectivity index (χ0v) is 16.6. The summed E-state index contributed by atoms with van der Waals surface area (Å²) in [6.07, 6.45) is 6.68. The number of likely N-dealkylation sites (tertiary alicyclic amines) is 1. The van der Waals surface area contributed by atoms with Gasteiger partial charge in [0.15, 0.2) is 0 Å². The van der Waals surface area contributed by atoms with Gasteiger partial charge in [-0.3, -0.25) is 34.9 Å². The summed E-state index contributed by atoms with van der Waals surface area (Å²) >= 11 is 0. The van der Waals surface area contributed by atoms with E-state index in [1.807, 2.05) is 0 Å². The minimum atomic E-state index is -0.738. The molecule has 3 rings (SSSR count). The van der Waals surface area contributed by atoms with E-state index in [1.165, 1.54) is 9.80 Å². The van der Waals surface area contributed by atoms with Crippen molar-refractivity contribution in [3.8, 4) is 0 Å². The Balaban J connectivity index is 1.35. The van der Waals surface area contributed by atoms with E-state index in [9.17, 15) is 24.0 Å². The van der Waals surface area contributed by atoms with Gasteiger partial charge in [-0.1, -0.05) is 19.3 Å². The predicted octanol–water partition coefficient (Wildman–Crippen LogP) is 0.181. The zero-order valence-electron chi connectivity index (χ0n) is 16.6. The molecule has 0 aromatic rings. The molecule has 10 nitrogen and oxygen atoms in total. The minimum absolute atomic E-state index is 0.0439. The van der Waals surface area contributed by atoms with Crippen LogP contribution >= 0.6 is 0 Å². The van der Waals surface area contributed by atoms with Gasteiger partial charge in [-0.2, -0.15) is 0 Å². The third-order valence-corrected chi connectivity index (χ3v) is 5.84. The monoisotopic (exact) mass is 407 g/mol. The average Bonchev–Trinajstić information content (AvgIpc) is 3.18. The Morgan fingerprint density at radius 3 is 2.45 bits per heavy atom. The number of urea groups is 1. The van der Waals surface area contributed by atoms with Gasteiger partial charge in [-0.05, 0) is 32.1 Å². The fourth-order valence-electron chi connectivity index (χ4n) is 4.21. The van der Waals surface area contributed by atoms with Gasteiger partial charge in [-0.25, -0.2) is 4.79 Å². The van der Waals surface area contributed by atoms with Crippen molar-refractivity contribution in [3.05, 3.63) is 0 Å². The van der Waals surface area contributed by atoms with Gasteiger partial charge in [0, 0.05) is 25.9 Å². The Morgan fingerprint density at radius 2 is 1.69 bits per heavy atom. The molecular formula is C19H29N5O5. The van der Waals surface area contributed by atoms with Crippen LogP contribution in [0.4, 0.5) is 4.79 Å². The van der Waals surface area contributed by atoms with E-state index in [-0.39, 0.29) is 31.3 Å². The van der Waals surface area contributed by atoms with Gasteiger partial charge >= 0.3 is 6.03 Å². The van der Waals surface area contributed by atoms with Crippen molar-refractivity contribution in [2.24, 2.45) is 0 Å². The van der Waals surface area contributed by atoms with Crippen molar-refractivity contribution in [3.63, 3.8) is 0 Å². The minimum Gasteiger partial charge on any atom is -0.333 e. The van der Waals surface area contributed by atoms with Crippen LogP contribution in [0.25, 0.3) is 0 Å². The molecule has 0 aromatic heterocycles. The highest BCUT2D eigenvalue weighted by molar-refractivity contribution is 6.07. The Morgan fingerprint density at radius 1 is 0.966 bits per heavy atom. The molecule has 3 fully saturated rings. The summed E-state index contributed by atoms with van der Waals surface area (Å²) in [4.78, 5) is 63.1. The molecule has 0 radical (unpaired) electrons. The average molecular weight is 407 g/mol. The van der Waals surface area contributed by atoms with Crippen molar-refractivity contribution in [1.29, 1.82) is 0 Å². The number of imide groups is 1. The fraction of sp³-hybridized carbons (Fsp3) is 0.737. The number of hydrogen-bond donors (Lipinski definition) is 3. The summed E-state index contributed by atoms with van der Waals surface area (Å²) in [5.74, 6) is -1.11. The highest BCUT2D eigenvalue weighted by Crippen LogP contribution is 2.35. The molecule has 1 saturated carbocycles. The number of hydrazine groups is 1. The lowest BCUT2D eigenvalue weighted by Crippen LogP contribution is -2.47. The molecule has 6 amide bonds. The van der Waals surface area contributed by atoms with E-state index in [2.05, 4.69) is 16.2 Å². The van der Waals surface area contributed by atoms with Gasteiger partial charge in [0.05, 0.1) is 0 Å². The number of nitrogens with one attached hydrogen (secondary N) is 3. The Labute approximate surface area is 169 Å². The molecule has 160 valence electrons. The van der Waals surface area contributed by atoms with Gasteiger partial charge in [0.1, 0.15) is 12.1 Å². The summed E-state index contributed by atoms with van der Waals surface area (Å²) in [6.45, 7) is 0.632. The summed E-state index contributed by atoms with van der Waals surface area (Å²) in [7, 11) is 0. The fourth-order valence-corrected chi connectivity index (χ4v) is 4.21. The van der Waals surface area contributed by atoms with Crippen molar-refractivity contribution in [2.75, 3.05) is 19.6 Å². The van der Waals surface area contributed by atoms with Crippen LogP contribution in [0.2, 0.25) is 0 Å². The van der Waals surface area contributed by atoms with Crippen LogP contribution in [-0.4, -0.2) is 64.6 Å². The molecule has 0 unspecified atom stereocenters. The smallest absolute Gasteiger partial charge is 0.325 e. The van der Waals surface area contributed by atoms with Gasteiger partial charge in [-0.15, -0.1) is 0 Å². The molecule has 0 bridgehead atoms. The third-order valence-electron chi connectivity index (χ3n) is 5.84. The van der Waals surface area contributed by atoms with E-state index in [4.69, 9.17) is 0 Å². The van der Waals surface area contributed by atoms with Gasteiger partial charge < -0.3 is 10.2 Å². The van der Waals surface area contributed by atoms with Crippen LogP contribution in [0.15, 0.2) is 0 Å². The quantitative estimate of drug-likeness (QED) is 0.427. The van der Waals surface area contributed by atoms with Gasteiger partial charge in [0.2, 0.25) is 11.8 Å². The van der Waals surface area contributed by atoms with E-state index in [0.29, 0.717) is 32.2 Å². The molecule has 2 heterocycles. The van der Waals surface area contributed by atoms with Crippen LogP contribution < -0.4 is 16.2 Å². The van der Waals surface area contributed by atoms with Gasteiger partial charge in [0.25, 0.3) is 11.8 Å². The summed E-state index contributed by atoms with van der Waals surface area (Å²) < 4.78 is 0. The lowest BCUT2D eigenvalue weighted by Gasteiger charge is -2.20. The summed E-state index contributed by atoms with van der Waals surface area (Å²) in [5, 5.41) is 2.80. The second kappa shape index (κ2) is 9.23. The standard InChI is InChI=1S/C19H29N5O5/c25-14(21-22-15(26)13-23-11-5-1-2-8-16(23)27)7-6-12-24-17(28)19(20-18(24)29)9-3-4-10-19/h1-13H2,(H,20,29)(H,21,25)(H,22,26). The van der Waals surface area contributed by atoms with E-state index < -0.39 is 23.4 Å². The molecule has 1 spiro atoms. The molecule has 1 aliphatic carbocycles. The van der Waals surface area contributed by atoms with Crippen LogP contribution in [0, 0.1) is 0 Å². The number of carbonyl (C=O) groups is 5. The SMILES string of the molecule is O=C(CCCN1C(=O)NC2(CCCC2)C1=O)NNC(=O)CN1CCCCCC1=O. The van der Waals surface area contributed by atoms with E-state index >= 15 is 0 Å². The lowest BCUT2D eigenvalue weighted by molar-refractivity contribution is -0.136. The maximum Gasteiger partial charge on any atom is 0.325 e. The zero-order chi connectivity index (χ0) is 20.9. The van der Waals surface area contributed by atoms with Crippen molar-refractivity contribution >= 4 is 29.7 Å². The lowest BCUT2D eigenvalue weighted by atomic mass is 9.98. The Bertz CT molecular complexity index is 688. The van der Waals surface area contributed by atoms with Crippen molar-refractivity contribution in [2.45, 2.75) is 69.7 Å². The first-order valence-corrected chi connectivity index (χ1v) is 10.4. The van der Waals surface area contributed by atoms with Crippen molar-refractivity contribution < 1.29 is 24.0 Å². The molecule has 3 N–H and O–H groups in total. The maximum absolute atomic E-state index is 12.5. The highest BCUT2D eigenvalue weighted by atomic mass is 16.2. The second-order valence-electron chi connectivity index (χ2n) is 8.00. The highest BCUT2D eigenvalue weighted by Gasteiger charge is 2.52. The Kier molecular flexibility index (Phi) is 6.71. The first kappa shape index (κ1) is 21.1. The molecule has 0 aromatic carbocycles. The molecule has 2 saturated heterocycles. The number of rotatable bonds is 6. The van der Waals surface area contributed by atoms with Crippen LogP contribution in [0.3, 0.4) is 0 Å². The number of hydrogen-bond acceptors (Lipinski definition) is 5. The topological polar surface area (TPSA) is 128 Å². The molecule has 10 heteroatoms. The second-order valence-corrected chi connectivity index (χ2v) is 8.00. The Hall–Kier alpha value is -2.65.